The monoisotopic (exact) mass is 477 g/mol. The van der Waals surface area contributed by atoms with Crippen LogP contribution in [-0.4, -0.2) is 55.1 Å². The summed E-state index contributed by atoms with van der Waals surface area (Å²) >= 11 is 0. The molecule has 0 bridgehead atoms. The van der Waals surface area contributed by atoms with Gasteiger partial charge < -0.3 is 40.3 Å². The van der Waals surface area contributed by atoms with Crippen LogP contribution in [0, 0.1) is 0 Å². The lowest BCUT2D eigenvalue weighted by Gasteiger charge is -2.25. The fourth-order valence-corrected chi connectivity index (χ4v) is 5.82. The summed E-state index contributed by atoms with van der Waals surface area (Å²) in [5.41, 5.74) is 6.33. The van der Waals surface area contributed by atoms with Gasteiger partial charge in [-0.25, -0.2) is 23.7 Å². The van der Waals surface area contributed by atoms with E-state index in [0.29, 0.717) is 31.0 Å². The van der Waals surface area contributed by atoms with Gasteiger partial charge in [-0.15, -0.1) is 0 Å². The number of nitrogens with two attached hydrogens (primary N) is 1. The van der Waals surface area contributed by atoms with Gasteiger partial charge in [-0.2, -0.15) is 8.62 Å². The minimum absolute atomic E-state index is 0.278. The Morgan fingerprint density at radius 2 is 1.90 bits per heavy atom. The van der Waals surface area contributed by atoms with Gasteiger partial charge in [0.25, 0.3) is 0 Å². The lowest BCUT2D eigenvalue weighted by Crippen LogP contribution is -2.36. The Balaban J connectivity index is 1.53. The van der Waals surface area contributed by atoms with Crippen molar-refractivity contribution in [3.8, 4) is 0 Å². The minimum Gasteiger partial charge on any atom is -0.382 e. The van der Waals surface area contributed by atoms with E-state index in [9.17, 15) is 18.6 Å². The second kappa shape index (κ2) is 8.17. The third-order valence-electron chi connectivity index (χ3n) is 3.83. The number of hydrogen-bond acceptors (Lipinski definition) is 12. The molecule has 0 aromatic carbocycles. The number of anilines is 3. The molecule has 3 rings (SSSR count). The van der Waals surface area contributed by atoms with Crippen molar-refractivity contribution >= 4 is 40.8 Å². The van der Waals surface area contributed by atoms with Crippen LogP contribution in [-0.2, 0) is 31.6 Å². The summed E-state index contributed by atoms with van der Waals surface area (Å²) in [4.78, 5) is 45.4. The Kier molecular flexibility index (Phi) is 6.35. The molecule has 1 saturated heterocycles. The number of phosphoric acid groups is 3. The van der Waals surface area contributed by atoms with Crippen LogP contribution in [0.25, 0.3) is 0 Å². The molecular weight excluding hydrogens is 459 g/mol. The number of fused-ring (bicyclic) bond motifs is 1. The van der Waals surface area contributed by atoms with E-state index in [1.165, 1.54) is 6.33 Å². The zero-order valence-electron chi connectivity index (χ0n) is 14.5. The summed E-state index contributed by atoms with van der Waals surface area (Å²) in [6, 6.07) is 0. The molecule has 16 nitrogen and oxygen atoms in total. The number of phosphoric ester groups is 1. The van der Waals surface area contributed by atoms with Gasteiger partial charge in [0.1, 0.15) is 18.2 Å². The first-order valence-electron chi connectivity index (χ1n) is 7.90. The number of nitrogens with one attached hydrogen (secondary N) is 1. The number of ether oxygens (including phenoxy) is 1. The second-order valence-electron chi connectivity index (χ2n) is 5.94. The zero-order chi connectivity index (χ0) is 21.4. The van der Waals surface area contributed by atoms with E-state index in [4.69, 9.17) is 25.2 Å². The van der Waals surface area contributed by atoms with Gasteiger partial charge in [0.2, 0.25) is 0 Å². The summed E-state index contributed by atoms with van der Waals surface area (Å²) in [6.07, 6.45) is 1.10. The van der Waals surface area contributed by atoms with Crippen molar-refractivity contribution < 1.29 is 51.2 Å². The summed E-state index contributed by atoms with van der Waals surface area (Å²) in [7, 11) is -16.2. The Morgan fingerprint density at radius 3 is 2.59 bits per heavy atom. The molecule has 1 aromatic rings. The first-order valence-corrected chi connectivity index (χ1v) is 12.4. The number of hydrogen-bond donors (Lipinski definition) is 6. The Bertz CT molecular complexity index is 911. The Labute approximate surface area is 163 Å². The van der Waals surface area contributed by atoms with Crippen LogP contribution in [0.15, 0.2) is 6.33 Å². The number of nitrogens with zero attached hydrogens (tertiary/aromatic N) is 3. The molecule has 2 aliphatic rings. The van der Waals surface area contributed by atoms with E-state index in [0.717, 1.165) is 0 Å². The molecule has 1 aromatic heterocycles. The van der Waals surface area contributed by atoms with Crippen molar-refractivity contribution in [3.05, 3.63) is 6.33 Å². The zero-order valence-corrected chi connectivity index (χ0v) is 17.2. The molecule has 1 fully saturated rings. The lowest BCUT2D eigenvalue weighted by atomic mass is 10.2. The van der Waals surface area contributed by atoms with E-state index >= 15 is 0 Å². The van der Waals surface area contributed by atoms with E-state index in [1.807, 2.05) is 0 Å². The molecule has 0 radical (unpaired) electrons. The maximum atomic E-state index is 11.8. The highest BCUT2D eigenvalue weighted by atomic mass is 31.3. The van der Waals surface area contributed by atoms with Gasteiger partial charge in [-0.3, -0.25) is 4.52 Å². The van der Waals surface area contributed by atoms with Crippen molar-refractivity contribution in [2.75, 3.05) is 29.2 Å². The van der Waals surface area contributed by atoms with Crippen LogP contribution < -0.4 is 16.0 Å². The average Bonchev–Trinajstić information content (AvgIpc) is 3.16. The van der Waals surface area contributed by atoms with Crippen LogP contribution in [0.1, 0.15) is 12.8 Å². The summed E-state index contributed by atoms with van der Waals surface area (Å²) in [5, 5.41) is 3.03. The highest BCUT2D eigenvalue weighted by Gasteiger charge is 2.42. The lowest BCUT2D eigenvalue weighted by molar-refractivity contribution is 0.0105. The molecule has 0 spiro atoms. The average molecular weight is 477 g/mol. The van der Waals surface area contributed by atoms with Crippen LogP contribution in [0.4, 0.5) is 17.3 Å². The minimum atomic E-state index is -5.55. The molecule has 7 N–H and O–H groups in total. The van der Waals surface area contributed by atoms with Crippen molar-refractivity contribution in [3.63, 3.8) is 0 Å². The van der Waals surface area contributed by atoms with Crippen molar-refractivity contribution in [2.24, 2.45) is 0 Å². The quantitative estimate of drug-likeness (QED) is 0.272. The SMILES string of the molecule is Nc1ncnc2c1NCN2[C@H]1CCC(COP(=O)(O)OP(=O)(O)OP(=O)(O)O)O1. The van der Waals surface area contributed by atoms with Crippen LogP contribution in [0.5, 0.6) is 0 Å². The van der Waals surface area contributed by atoms with Gasteiger partial charge in [0.05, 0.1) is 19.4 Å². The summed E-state index contributed by atoms with van der Waals surface area (Å²) < 4.78 is 51.3. The predicted octanol–water partition coefficient (Wildman–Crippen LogP) is 0.0966. The first kappa shape index (κ1) is 22.5. The first-order chi connectivity index (χ1) is 13.4. The topological polar surface area (TPSA) is 236 Å². The summed E-state index contributed by atoms with van der Waals surface area (Å²) in [6.45, 7) is -0.147. The molecule has 4 atom stereocenters. The third-order valence-corrected chi connectivity index (χ3v) is 7.63. The largest absolute Gasteiger partial charge is 0.490 e. The fourth-order valence-electron chi connectivity index (χ4n) is 2.77. The van der Waals surface area contributed by atoms with Crippen LogP contribution in [0.3, 0.4) is 0 Å². The molecular formula is C10H18N5O11P3. The fraction of sp³-hybridized carbons (Fsp3) is 0.600. The molecule has 0 amide bonds. The van der Waals surface area contributed by atoms with Crippen LogP contribution >= 0.6 is 23.5 Å². The van der Waals surface area contributed by atoms with Gasteiger partial charge in [0.15, 0.2) is 11.6 Å². The summed E-state index contributed by atoms with van der Waals surface area (Å²) in [5.74, 6) is 0.816. The molecule has 3 heterocycles. The highest BCUT2D eigenvalue weighted by Crippen LogP contribution is 2.66. The number of rotatable bonds is 8. The van der Waals surface area contributed by atoms with Crippen molar-refractivity contribution in [2.45, 2.75) is 25.2 Å². The number of aromatic nitrogens is 2. The van der Waals surface area contributed by atoms with Gasteiger partial charge >= 0.3 is 23.5 Å². The van der Waals surface area contributed by atoms with Gasteiger partial charge in [0, 0.05) is 0 Å². The van der Waals surface area contributed by atoms with Crippen molar-refractivity contribution in [1.29, 1.82) is 0 Å². The molecule has 0 saturated carbocycles. The van der Waals surface area contributed by atoms with Gasteiger partial charge in [-0.1, -0.05) is 0 Å². The molecule has 0 aliphatic carbocycles. The Hall–Kier alpha value is -1.15. The molecule has 164 valence electrons. The van der Waals surface area contributed by atoms with Crippen LogP contribution in [0.2, 0.25) is 0 Å². The second-order valence-corrected chi connectivity index (χ2v) is 10.4. The van der Waals surface area contributed by atoms with E-state index in [1.54, 1.807) is 4.90 Å². The molecule has 3 unspecified atom stereocenters. The number of nitrogen functional groups attached to an aromatic ring is 1. The smallest absolute Gasteiger partial charge is 0.382 e. The predicted molar refractivity (Wildman–Crippen MR) is 95.1 cm³/mol. The maximum Gasteiger partial charge on any atom is 0.490 e. The van der Waals surface area contributed by atoms with Crippen molar-refractivity contribution in [1.82, 2.24) is 9.97 Å². The highest BCUT2D eigenvalue weighted by molar-refractivity contribution is 7.66. The standard InChI is InChI=1S/C10H18N5O11P3/c11-9-8-10(13-4-12-9)15(5-14-8)7-2-1-6(24-7)3-23-28(19,20)26-29(21,22)25-27(16,17)18/h4,6-7,14H,1-3,5H2,(H,19,20)(H,21,22)(H2,11,12,13)(H2,16,17,18)/t6?,7-/m1/s1. The van der Waals surface area contributed by atoms with Gasteiger partial charge in [-0.05, 0) is 12.8 Å². The van der Waals surface area contributed by atoms with E-state index in [2.05, 4.69) is 28.4 Å². The third kappa shape index (κ3) is 5.94. The normalized spacial score (nSPS) is 25.9. The van der Waals surface area contributed by atoms with E-state index in [-0.39, 0.29) is 5.82 Å². The maximum absolute atomic E-state index is 11.8. The molecule has 29 heavy (non-hydrogen) atoms. The molecule has 19 heteroatoms. The Morgan fingerprint density at radius 1 is 1.17 bits per heavy atom. The van der Waals surface area contributed by atoms with E-state index < -0.39 is 42.4 Å². The molecule has 2 aliphatic heterocycles.